The van der Waals surface area contributed by atoms with Crippen molar-refractivity contribution in [3.63, 3.8) is 0 Å². The summed E-state index contributed by atoms with van der Waals surface area (Å²) in [4.78, 5) is 98.2. The molecule has 0 radical (unpaired) electrons. The maximum Gasteiger partial charge on any atom is 0.490 e. The molecule has 6 aromatic rings. The highest BCUT2D eigenvalue weighted by Gasteiger charge is 2.58. The van der Waals surface area contributed by atoms with Crippen molar-refractivity contribution in [1.82, 2.24) is 53.6 Å². The summed E-state index contributed by atoms with van der Waals surface area (Å²) < 4.78 is 112. The van der Waals surface area contributed by atoms with Crippen LogP contribution in [0.2, 0.25) is 0 Å². The Morgan fingerprint density at radius 1 is 0.744 bits per heavy atom. The number of nitrogens with zero attached hydrogens (tertiary/aromatic N) is 10. The summed E-state index contributed by atoms with van der Waals surface area (Å²) in [5, 5.41) is 36.3. The van der Waals surface area contributed by atoms with Crippen molar-refractivity contribution in [3.05, 3.63) is 46.0 Å². The third kappa shape index (κ3) is 11.3. The van der Waals surface area contributed by atoms with Gasteiger partial charge in [-0.05, 0) is 6.92 Å². The maximum atomic E-state index is 14.4. The molecule has 78 heavy (non-hydrogen) atoms. The Labute approximate surface area is 435 Å². The number of aromatic nitrogens is 12. The van der Waals surface area contributed by atoms with Crippen LogP contribution in [0.4, 0.5) is 17.7 Å². The second kappa shape index (κ2) is 22.1. The minimum Gasteiger partial charge on any atom is -0.387 e. The lowest BCUT2D eigenvalue weighted by molar-refractivity contribution is -0.745. The van der Waals surface area contributed by atoms with E-state index in [1.54, 1.807) is 6.92 Å². The molecule has 428 valence electrons. The van der Waals surface area contributed by atoms with E-state index in [9.17, 15) is 62.7 Å². The lowest BCUT2D eigenvalue weighted by Crippen LogP contribution is -2.45. The lowest BCUT2D eigenvalue weighted by Gasteiger charge is -2.28. The van der Waals surface area contributed by atoms with Crippen molar-refractivity contribution in [2.24, 2.45) is 13.0 Å². The first-order chi connectivity index (χ1) is 36.8. The first-order valence-electron chi connectivity index (χ1n) is 22.9. The molecule has 3 saturated heterocycles. The molecule has 0 bridgehead atoms. The number of phosphoric ester groups is 2. The Morgan fingerprint density at radius 3 is 2.05 bits per heavy atom. The van der Waals surface area contributed by atoms with Crippen LogP contribution in [-0.2, 0) is 71.2 Å². The molecule has 4 unspecified atom stereocenters. The fourth-order valence-electron chi connectivity index (χ4n) is 9.21. The molecule has 14 N–H and O–H groups in total. The number of hydrogen-bond donors (Lipinski definition) is 12. The van der Waals surface area contributed by atoms with E-state index in [4.69, 9.17) is 48.7 Å². The Hall–Kier alpha value is -5.11. The number of aliphatic hydroxyl groups is 3. The van der Waals surface area contributed by atoms with Gasteiger partial charge < -0.3 is 79.9 Å². The summed E-state index contributed by atoms with van der Waals surface area (Å²) in [6.45, 7) is -1.27. The molecule has 0 aromatic carbocycles. The number of imidazole rings is 3. The SMILES string of the molecule is CCNc1nc2c(c(=O)[nH]1)n(C)c[n+]2[C@@H]1O[C@H](COP(=O)(O)OP(=O)(O)OP(=O)(O)OC[C@H]2O[C@@H](n3cnc4c(N)ncnc43)[C@H](OC)[C@@H]2P(=O)(O)OC[C@H]2O[C@@H](n3cnc4c(=O)[nH]c(N)nc43)[C@H](O)[C@@H]2O)[C@@H](COC)[C@H]1O. The molecule has 3 aliphatic rings. The number of hydrogen-bond acceptors (Lipinski definition) is 28. The zero-order valence-electron chi connectivity index (χ0n) is 40.9. The Kier molecular flexibility index (Phi) is 16.3. The Bertz CT molecular complexity index is 3530. The van der Waals surface area contributed by atoms with Crippen molar-refractivity contribution in [2.45, 2.75) is 74.0 Å². The van der Waals surface area contributed by atoms with Gasteiger partial charge in [0.05, 0.1) is 52.2 Å². The molecule has 3 aliphatic heterocycles. The first kappa shape index (κ1) is 57.6. The quantitative estimate of drug-likeness (QED) is 0.0240. The van der Waals surface area contributed by atoms with Gasteiger partial charge in [-0.3, -0.25) is 46.9 Å². The third-order valence-corrected chi connectivity index (χ3v) is 18.7. The summed E-state index contributed by atoms with van der Waals surface area (Å²) in [5.74, 6) is -1.32. The van der Waals surface area contributed by atoms with Crippen LogP contribution in [0.1, 0.15) is 25.6 Å². The standard InChI is InChI=1S/C36H51N15O23P4/c1-5-39-36-45-29-20(31(56)47-36)48(2)13-51(29)32-21(52)14(6-65-3)15(70-32)7-68-76(59,60)73-78(63,64)74-77(61,62)69-9-17-25(24(66-4)34(72-17)49-11-42-18-26(37)40-10-41-27(18)49)75(57,58)67-8-16-22(53)23(54)33(71-16)50-12-43-19-28(50)44-35(38)46-30(19)55/h10-17,21-25,32-34,52-54H,5-9H2,1-4H3,(H10-,37,38,39,40,41,44,45,46,47,55,56,57,58,59,60,61,62,63,64)/p+1/t14-,15-,16-,17-,21-,22-,23-,24-,25-,32-,33-,34-/m1/s1. The number of anilines is 3. The molecule has 0 aliphatic carbocycles. The molecular weight excluding hydrogens is 1130 g/mol. The number of aromatic amines is 2. The number of ether oxygens (including phenoxy) is 5. The molecule has 0 saturated carbocycles. The van der Waals surface area contributed by atoms with Gasteiger partial charge in [-0.15, -0.1) is 0 Å². The van der Waals surface area contributed by atoms with Gasteiger partial charge >= 0.3 is 36.7 Å². The molecule has 9 rings (SSSR count). The van der Waals surface area contributed by atoms with Gasteiger partial charge in [0, 0.05) is 26.7 Å². The molecule has 9 heterocycles. The second-order valence-corrected chi connectivity index (χ2v) is 24.2. The smallest absolute Gasteiger partial charge is 0.387 e. The number of methoxy groups -OCH3 is 2. The van der Waals surface area contributed by atoms with Gasteiger partial charge in [-0.2, -0.15) is 13.6 Å². The minimum atomic E-state index is -6.19. The molecule has 42 heteroatoms. The van der Waals surface area contributed by atoms with Crippen molar-refractivity contribution >= 4 is 82.3 Å². The number of fused-ring (bicyclic) bond motifs is 3. The second-order valence-electron chi connectivity index (χ2n) is 17.6. The van der Waals surface area contributed by atoms with E-state index in [0.717, 1.165) is 30.7 Å². The van der Waals surface area contributed by atoms with Gasteiger partial charge in [-0.25, -0.2) is 38.2 Å². The zero-order valence-corrected chi connectivity index (χ0v) is 44.4. The number of nitrogens with two attached hydrogens (primary N) is 2. The fourth-order valence-corrected chi connectivity index (χ4v) is 14.5. The average Bonchev–Trinajstić information content (AvgIpc) is 4.30. The predicted molar refractivity (Wildman–Crippen MR) is 257 cm³/mol. The molecule has 3 fully saturated rings. The Morgan fingerprint density at radius 2 is 1.38 bits per heavy atom. The number of aryl methyl sites for hydroxylation is 1. The van der Waals surface area contributed by atoms with Crippen LogP contribution in [0.3, 0.4) is 0 Å². The van der Waals surface area contributed by atoms with Gasteiger partial charge in [0.1, 0.15) is 54.1 Å². The van der Waals surface area contributed by atoms with Crippen LogP contribution in [0, 0.1) is 5.92 Å². The summed E-state index contributed by atoms with van der Waals surface area (Å²) >= 11 is 0. The van der Waals surface area contributed by atoms with Crippen LogP contribution in [-0.4, -0.2) is 184 Å². The topological polar surface area (TPSA) is 528 Å². The summed E-state index contributed by atoms with van der Waals surface area (Å²) in [6, 6.07) is 0. The summed E-state index contributed by atoms with van der Waals surface area (Å²) in [6.07, 6.45) is -11.1. The number of H-pyrrole nitrogens is 2. The van der Waals surface area contributed by atoms with Crippen LogP contribution < -0.4 is 32.5 Å². The number of aliphatic hydroxyl groups excluding tert-OH is 3. The van der Waals surface area contributed by atoms with Gasteiger partial charge in [0.25, 0.3) is 17.1 Å². The highest BCUT2D eigenvalue weighted by Crippen LogP contribution is 2.68. The van der Waals surface area contributed by atoms with E-state index in [0.29, 0.717) is 6.54 Å². The predicted octanol–water partition coefficient (Wildman–Crippen LogP) is -2.89. The average molecular weight is 1190 g/mol. The third-order valence-electron chi connectivity index (χ3n) is 12.6. The maximum absolute atomic E-state index is 14.4. The molecule has 6 aromatic heterocycles. The van der Waals surface area contributed by atoms with Crippen LogP contribution >= 0.6 is 31.1 Å². The van der Waals surface area contributed by atoms with Gasteiger partial charge in [0.15, 0.2) is 41.4 Å². The molecule has 38 nitrogen and oxygen atoms in total. The minimum absolute atomic E-state index is 0.00342. The van der Waals surface area contributed by atoms with Crippen molar-refractivity contribution in [3.8, 4) is 0 Å². The highest BCUT2D eigenvalue weighted by molar-refractivity contribution is 7.66. The van der Waals surface area contributed by atoms with E-state index >= 15 is 0 Å². The molecule has 0 amide bonds. The molecule has 0 spiro atoms. The normalized spacial score (nSPS) is 29.7. The monoisotopic (exact) mass is 1190 g/mol. The highest BCUT2D eigenvalue weighted by atomic mass is 31.3. The zero-order chi connectivity index (χ0) is 56.4. The summed E-state index contributed by atoms with van der Waals surface area (Å²) in [7, 11) is -19.4. The summed E-state index contributed by atoms with van der Waals surface area (Å²) in [5.41, 5.74) is 8.29. The van der Waals surface area contributed by atoms with Crippen LogP contribution in [0.5, 0.6) is 0 Å². The molecule has 16 atom stereocenters. The van der Waals surface area contributed by atoms with E-state index < -0.39 is 135 Å². The molecular formula is C36H52N15O23P4+. The number of phosphoric acid groups is 3. The van der Waals surface area contributed by atoms with Gasteiger partial charge in [-0.1, -0.05) is 4.98 Å². The number of nitrogens with one attached hydrogen (secondary N) is 3. The Balaban J connectivity index is 0.886. The van der Waals surface area contributed by atoms with Crippen molar-refractivity contribution < 1.29 is 104 Å². The fraction of sp³-hybridized carbons (Fsp3) is 0.583. The first-order valence-corrected chi connectivity index (χ1v) is 29.0. The van der Waals surface area contributed by atoms with Crippen molar-refractivity contribution in [1.29, 1.82) is 0 Å². The van der Waals surface area contributed by atoms with Crippen LogP contribution in [0.25, 0.3) is 33.5 Å². The van der Waals surface area contributed by atoms with Crippen LogP contribution in [0.15, 0.2) is 34.9 Å². The van der Waals surface area contributed by atoms with Gasteiger partial charge in [0.2, 0.25) is 17.7 Å². The number of nitrogen functional groups attached to an aromatic ring is 2. The van der Waals surface area contributed by atoms with E-state index in [1.807, 2.05) is 0 Å². The van der Waals surface area contributed by atoms with Crippen molar-refractivity contribution in [2.75, 3.05) is 64.0 Å². The van der Waals surface area contributed by atoms with E-state index in [1.165, 1.54) is 34.2 Å². The van der Waals surface area contributed by atoms with E-state index in [2.05, 4.69) is 53.8 Å². The largest absolute Gasteiger partial charge is 0.490 e. The lowest BCUT2D eigenvalue weighted by atomic mass is 9.99. The number of rotatable bonds is 22. The van der Waals surface area contributed by atoms with E-state index in [-0.39, 0.29) is 57.8 Å².